The number of benzene rings is 1. The first-order valence-corrected chi connectivity index (χ1v) is 4.53. The summed E-state index contributed by atoms with van der Waals surface area (Å²) in [7, 11) is 0. The third-order valence-electron chi connectivity index (χ3n) is 2.62. The molecule has 0 aromatic heterocycles. The molecule has 1 aromatic carbocycles. The fourth-order valence-corrected chi connectivity index (χ4v) is 1.72. The Hall–Kier alpha value is -1.64. The van der Waals surface area contributed by atoms with Gasteiger partial charge in [0, 0.05) is 0 Å². The molecule has 0 radical (unpaired) electrons. The number of carbonyl (C=O) groups excluding carboxylic acids is 2. The van der Waals surface area contributed by atoms with Gasteiger partial charge in [-0.2, -0.15) is 0 Å². The number of Topliss-reactive ketones (excluding diaryl/α,β-unsaturated/α-hetero) is 1. The summed E-state index contributed by atoms with van der Waals surface area (Å²) < 4.78 is 0. The highest BCUT2D eigenvalue weighted by molar-refractivity contribution is 6.10. The molecule has 1 N–H and O–H groups in total. The van der Waals surface area contributed by atoms with Crippen LogP contribution in [0.5, 0.6) is 0 Å². The zero-order valence-corrected chi connectivity index (χ0v) is 7.91. The van der Waals surface area contributed by atoms with E-state index in [2.05, 4.69) is 5.32 Å². The predicted octanol–water partition coefficient (Wildman–Crippen LogP) is 0.991. The minimum atomic E-state index is -0.821. The van der Waals surface area contributed by atoms with Gasteiger partial charge in [0.25, 0.3) is 0 Å². The van der Waals surface area contributed by atoms with E-state index in [1.54, 1.807) is 6.92 Å². The lowest BCUT2D eigenvalue weighted by Crippen LogP contribution is -2.40. The smallest absolute Gasteiger partial charge is 0.228 e. The summed E-state index contributed by atoms with van der Waals surface area (Å²) in [5.74, 6) is -0.255. The fraction of sp³-hybridized carbons (Fsp3) is 0.273. The fourth-order valence-electron chi connectivity index (χ4n) is 1.72. The normalized spacial score (nSPS) is 26.4. The molecule has 0 spiro atoms. The van der Waals surface area contributed by atoms with Gasteiger partial charge in [-0.1, -0.05) is 30.3 Å². The lowest BCUT2D eigenvalue weighted by atomic mass is 9.90. The van der Waals surface area contributed by atoms with Crippen LogP contribution in [0.25, 0.3) is 0 Å². The van der Waals surface area contributed by atoms with Crippen molar-refractivity contribution in [3.8, 4) is 0 Å². The Morgan fingerprint density at radius 1 is 1.21 bits per heavy atom. The largest absolute Gasteiger partial charge is 0.339 e. The van der Waals surface area contributed by atoms with Crippen molar-refractivity contribution in [1.82, 2.24) is 5.32 Å². The van der Waals surface area contributed by atoms with Gasteiger partial charge in [-0.05, 0) is 12.5 Å². The van der Waals surface area contributed by atoms with Crippen LogP contribution >= 0.6 is 0 Å². The number of hydrogen-bond donors (Lipinski definition) is 1. The van der Waals surface area contributed by atoms with Crippen LogP contribution in [0.3, 0.4) is 0 Å². The Kier molecular flexibility index (Phi) is 1.88. The second-order valence-corrected chi connectivity index (χ2v) is 3.64. The number of hydrogen-bond acceptors (Lipinski definition) is 2. The molecule has 3 nitrogen and oxygen atoms in total. The van der Waals surface area contributed by atoms with Crippen LogP contribution in [-0.4, -0.2) is 11.7 Å². The van der Waals surface area contributed by atoms with Gasteiger partial charge in [0.05, 0.1) is 6.42 Å². The SMILES string of the molecule is C[C@]1(c2ccccc2)NC(=O)CC1=O. The minimum absolute atomic E-state index is 0.00854. The van der Waals surface area contributed by atoms with E-state index in [4.69, 9.17) is 0 Å². The van der Waals surface area contributed by atoms with Crippen LogP contribution in [0.15, 0.2) is 30.3 Å². The van der Waals surface area contributed by atoms with Crippen molar-refractivity contribution in [1.29, 1.82) is 0 Å². The van der Waals surface area contributed by atoms with Crippen molar-refractivity contribution in [3.05, 3.63) is 35.9 Å². The molecular weight excluding hydrogens is 178 g/mol. The first-order valence-electron chi connectivity index (χ1n) is 4.53. The third kappa shape index (κ3) is 1.21. The van der Waals surface area contributed by atoms with Gasteiger partial charge >= 0.3 is 0 Å². The van der Waals surface area contributed by atoms with E-state index in [-0.39, 0.29) is 18.1 Å². The molecule has 0 saturated carbocycles. The Bertz CT molecular complexity index is 386. The minimum Gasteiger partial charge on any atom is -0.339 e. The first-order chi connectivity index (χ1) is 6.63. The average Bonchev–Trinajstić information content (AvgIpc) is 2.43. The average molecular weight is 189 g/mol. The van der Waals surface area contributed by atoms with E-state index in [0.29, 0.717) is 0 Å². The number of rotatable bonds is 1. The molecule has 1 fully saturated rings. The van der Waals surface area contributed by atoms with E-state index >= 15 is 0 Å². The molecule has 1 amide bonds. The van der Waals surface area contributed by atoms with Crippen molar-refractivity contribution in [2.75, 3.05) is 0 Å². The van der Waals surface area contributed by atoms with Gasteiger partial charge in [0.15, 0.2) is 5.78 Å². The van der Waals surface area contributed by atoms with Crippen molar-refractivity contribution in [2.45, 2.75) is 18.9 Å². The summed E-state index contributed by atoms with van der Waals surface area (Å²) in [5.41, 5.74) is 0.0223. The maximum Gasteiger partial charge on any atom is 0.228 e. The lowest BCUT2D eigenvalue weighted by molar-refractivity contribution is -0.123. The summed E-state index contributed by atoms with van der Waals surface area (Å²) in [6.45, 7) is 1.75. The molecule has 0 aliphatic carbocycles. The highest BCUT2D eigenvalue weighted by Gasteiger charge is 2.42. The summed E-state index contributed by atoms with van der Waals surface area (Å²) in [4.78, 5) is 22.7. The monoisotopic (exact) mass is 189 g/mol. The van der Waals surface area contributed by atoms with Gasteiger partial charge < -0.3 is 5.32 Å². The molecule has 1 aromatic rings. The van der Waals surface area contributed by atoms with E-state index in [9.17, 15) is 9.59 Å². The second-order valence-electron chi connectivity index (χ2n) is 3.64. The molecule has 1 atom stereocenters. The molecule has 0 unspecified atom stereocenters. The summed E-state index contributed by atoms with van der Waals surface area (Å²) in [6.07, 6.45) is -0.00854. The van der Waals surface area contributed by atoms with Crippen LogP contribution in [0.2, 0.25) is 0 Å². The van der Waals surface area contributed by atoms with Crippen molar-refractivity contribution in [3.63, 3.8) is 0 Å². The molecule has 0 bridgehead atoms. The topological polar surface area (TPSA) is 46.2 Å². The van der Waals surface area contributed by atoms with E-state index in [1.807, 2.05) is 30.3 Å². The summed E-state index contributed by atoms with van der Waals surface area (Å²) >= 11 is 0. The number of carbonyl (C=O) groups is 2. The molecule has 1 aliphatic heterocycles. The predicted molar refractivity (Wildman–Crippen MR) is 51.6 cm³/mol. The maximum atomic E-state index is 11.6. The van der Waals surface area contributed by atoms with E-state index in [0.717, 1.165) is 5.56 Å². The zero-order valence-electron chi connectivity index (χ0n) is 7.91. The molecule has 14 heavy (non-hydrogen) atoms. The number of nitrogens with one attached hydrogen (secondary N) is 1. The standard InChI is InChI=1S/C11H11NO2/c1-11(8-5-3-2-4-6-8)9(13)7-10(14)12-11/h2-6H,7H2,1H3,(H,12,14)/t11-/m1/s1. The molecule has 1 saturated heterocycles. The van der Waals surface area contributed by atoms with Gasteiger partial charge in [-0.3, -0.25) is 9.59 Å². The van der Waals surface area contributed by atoms with Crippen molar-refractivity contribution < 1.29 is 9.59 Å². The van der Waals surface area contributed by atoms with Crippen LogP contribution < -0.4 is 5.32 Å². The van der Waals surface area contributed by atoms with Crippen LogP contribution in [0, 0.1) is 0 Å². The summed E-state index contributed by atoms with van der Waals surface area (Å²) in [6, 6.07) is 9.30. The molecular formula is C11H11NO2. The molecule has 1 heterocycles. The van der Waals surface area contributed by atoms with Crippen LogP contribution in [0.4, 0.5) is 0 Å². The Labute approximate surface area is 82.1 Å². The Balaban J connectivity index is 2.43. The van der Waals surface area contributed by atoms with Gasteiger partial charge in [-0.15, -0.1) is 0 Å². The molecule has 3 heteroatoms. The van der Waals surface area contributed by atoms with E-state index in [1.165, 1.54) is 0 Å². The quantitative estimate of drug-likeness (QED) is 0.670. The van der Waals surface area contributed by atoms with Gasteiger partial charge in [0.1, 0.15) is 5.54 Å². The third-order valence-corrected chi connectivity index (χ3v) is 2.62. The summed E-state index contributed by atoms with van der Waals surface area (Å²) in [5, 5.41) is 2.71. The van der Waals surface area contributed by atoms with Crippen LogP contribution in [0.1, 0.15) is 18.9 Å². The number of amides is 1. The molecule has 1 aliphatic rings. The first kappa shape index (κ1) is 8.94. The highest BCUT2D eigenvalue weighted by Crippen LogP contribution is 2.27. The Morgan fingerprint density at radius 2 is 1.86 bits per heavy atom. The second kappa shape index (κ2) is 2.94. The zero-order chi connectivity index (χ0) is 10.2. The van der Waals surface area contributed by atoms with Gasteiger partial charge in [0.2, 0.25) is 5.91 Å². The highest BCUT2D eigenvalue weighted by atomic mass is 16.2. The van der Waals surface area contributed by atoms with Crippen molar-refractivity contribution in [2.24, 2.45) is 0 Å². The molecule has 2 rings (SSSR count). The van der Waals surface area contributed by atoms with Crippen LogP contribution in [-0.2, 0) is 15.1 Å². The number of ketones is 1. The van der Waals surface area contributed by atoms with Gasteiger partial charge in [-0.25, -0.2) is 0 Å². The van der Waals surface area contributed by atoms with Crippen molar-refractivity contribution >= 4 is 11.7 Å². The molecule has 72 valence electrons. The maximum absolute atomic E-state index is 11.6. The van der Waals surface area contributed by atoms with E-state index < -0.39 is 5.54 Å². The Morgan fingerprint density at radius 3 is 2.36 bits per heavy atom. The lowest BCUT2D eigenvalue weighted by Gasteiger charge is -2.22.